The van der Waals surface area contributed by atoms with E-state index in [0.29, 0.717) is 40.4 Å². The lowest BCUT2D eigenvalue weighted by Gasteiger charge is -2.11. The highest BCUT2D eigenvalue weighted by molar-refractivity contribution is 6.31. The van der Waals surface area contributed by atoms with E-state index in [-0.39, 0.29) is 5.91 Å². The number of carbonyl (C=O) groups is 1. The van der Waals surface area contributed by atoms with Crippen molar-refractivity contribution in [3.63, 3.8) is 0 Å². The quantitative estimate of drug-likeness (QED) is 0.767. The van der Waals surface area contributed by atoms with E-state index in [1.807, 2.05) is 0 Å². The lowest BCUT2D eigenvalue weighted by Crippen LogP contribution is -2.18. The largest absolute Gasteiger partial charge is 0.495 e. The fourth-order valence-electron chi connectivity index (χ4n) is 2.28. The fourth-order valence-corrected chi connectivity index (χ4v) is 2.45. The molecule has 0 bridgehead atoms. The SMILES string of the molecule is COc1ccc(Cl)cc1NC(=O)c1cccn1Cc1noc(C)n1. The van der Waals surface area contributed by atoms with Gasteiger partial charge in [-0.05, 0) is 30.3 Å². The van der Waals surface area contributed by atoms with Crippen molar-refractivity contribution >= 4 is 23.2 Å². The van der Waals surface area contributed by atoms with Crippen molar-refractivity contribution in [3.8, 4) is 5.75 Å². The van der Waals surface area contributed by atoms with Gasteiger partial charge >= 0.3 is 0 Å². The number of nitrogens with one attached hydrogen (secondary N) is 1. The minimum atomic E-state index is -0.291. The summed E-state index contributed by atoms with van der Waals surface area (Å²) in [7, 11) is 1.53. The third-order valence-corrected chi connectivity index (χ3v) is 3.59. The molecule has 0 saturated carbocycles. The van der Waals surface area contributed by atoms with Crippen molar-refractivity contribution in [2.24, 2.45) is 0 Å². The molecule has 0 atom stereocenters. The maximum Gasteiger partial charge on any atom is 0.272 e. The molecule has 0 radical (unpaired) electrons. The van der Waals surface area contributed by atoms with Crippen LogP contribution in [0.5, 0.6) is 5.75 Å². The molecule has 0 saturated heterocycles. The molecule has 0 fully saturated rings. The molecule has 3 rings (SSSR count). The Labute approximate surface area is 143 Å². The Bertz CT molecular complexity index is 872. The summed E-state index contributed by atoms with van der Waals surface area (Å²) in [5, 5.41) is 7.14. The van der Waals surface area contributed by atoms with Crippen LogP contribution in [-0.2, 0) is 6.54 Å². The highest BCUT2D eigenvalue weighted by Gasteiger charge is 2.15. The Morgan fingerprint density at radius 3 is 2.96 bits per heavy atom. The van der Waals surface area contributed by atoms with Crippen LogP contribution in [0.1, 0.15) is 22.2 Å². The second-order valence-electron chi connectivity index (χ2n) is 5.05. The number of methoxy groups -OCH3 is 1. The second-order valence-corrected chi connectivity index (χ2v) is 5.49. The van der Waals surface area contributed by atoms with Crippen molar-refractivity contribution < 1.29 is 14.1 Å². The van der Waals surface area contributed by atoms with Gasteiger partial charge in [-0.2, -0.15) is 4.98 Å². The van der Waals surface area contributed by atoms with Crippen molar-refractivity contribution in [3.05, 3.63) is 59.0 Å². The average molecular weight is 347 g/mol. The summed E-state index contributed by atoms with van der Waals surface area (Å²) in [6.45, 7) is 2.05. The van der Waals surface area contributed by atoms with E-state index in [1.165, 1.54) is 7.11 Å². The van der Waals surface area contributed by atoms with Gasteiger partial charge in [-0.1, -0.05) is 16.8 Å². The Morgan fingerprint density at radius 1 is 1.42 bits per heavy atom. The molecule has 2 heterocycles. The fraction of sp³-hybridized carbons (Fsp3) is 0.188. The smallest absolute Gasteiger partial charge is 0.272 e. The molecule has 1 amide bonds. The first-order chi connectivity index (χ1) is 11.6. The summed E-state index contributed by atoms with van der Waals surface area (Å²) in [5.74, 6) is 1.21. The molecular formula is C16H15ClN4O3. The number of hydrogen-bond donors (Lipinski definition) is 1. The Balaban J connectivity index is 1.81. The minimum absolute atomic E-state index is 0.291. The molecule has 0 aliphatic carbocycles. The zero-order chi connectivity index (χ0) is 17.1. The molecule has 24 heavy (non-hydrogen) atoms. The zero-order valence-electron chi connectivity index (χ0n) is 13.1. The first-order valence-electron chi connectivity index (χ1n) is 7.16. The number of rotatable bonds is 5. The number of benzene rings is 1. The van der Waals surface area contributed by atoms with E-state index in [9.17, 15) is 4.79 Å². The lowest BCUT2D eigenvalue weighted by atomic mass is 10.2. The van der Waals surface area contributed by atoms with E-state index in [4.69, 9.17) is 20.9 Å². The molecule has 3 aromatic rings. The highest BCUT2D eigenvalue weighted by atomic mass is 35.5. The number of halogens is 1. The van der Waals surface area contributed by atoms with Crippen LogP contribution in [0.25, 0.3) is 0 Å². The molecule has 2 aromatic heterocycles. The second kappa shape index (κ2) is 6.76. The van der Waals surface area contributed by atoms with Gasteiger partial charge < -0.3 is 19.1 Å². The van der Waals surface area contributed by atoms with Gasteiger partial charge in [0.15, 0.2) is 5.82 Å². The maximum atomic E-state index is 12.6. The van der Waals surface area contributed by atoms with Gasteiger partial charge in [-0.3, -0.25) is 4.79 Å². The summed E-state index contributed by atoms with van der Waals surface area (Å²) in [4.78, 5) is 16.7. The van der Waals surface area contributed by atoms with Gasteiger partial charge in [0, 0.05) is 18.1 Å². The van der Waals surface area contributed by atoms with E-state index in [0.717, 1.165) is 0 Å². The number of amides is 1. The molecule has 0 unspecified atom stereocenters. The molecule has 7 nitrogen and oxygen atoms in total. The normalized spacial score (nSPS) is 10.6. The standard InChI is InChI=1S/C16H15ClN4O3/c1-10-18-15(20-24-10)9-21-7-3-4-13(21)16(22)19-12-8-11(17)5-6-14(12)23-2/h3-8H,9H2,1-2H3,(H,19,22). The first-order valence-corrected chi connectivity index (χ1v) is 7.54. The number of anilines is 1. The molecule has 0 aliphatic heterocycles. The number of hydrogen-bond acceptors (Lipinski definition) is 5. The lowest BCUT2D eigenvalue weighted by molar-refractivity contribution is 0.101. The highest BCUT2D eigenvalue weighted by Crippen LogP contribution is 2.28. The monoisotopic (exact) mass is 346 g/mol. The Hall–Kier alpha value is -2.80. The molecule has 8 heteroatoms. The van der Waals surface area contributed by atoms with Crippen molar-refractivity contribution in [1.29, 1.82) is 0 Å². The van der Waals surface area contributed by atoms with Crippen LogP contribution in [0.15, 0.2) is 41.1 Å². The van der Waals surface area contributed by atoms with Crippen LogP contribution in [0.2, 0.25) is 5.02 Å². The van der Waals surface area contributed by atoms with Gasteiger partial charge in [-0.25, -0.2) is 0 Å². The summed E-state index contributed by atoms with van der Waals surface area (Å²) in [6.07, 6.45) is 1.77. The number of aryl methyl sites for hydroxylation is 1. The molecular weight excluding hydrogens is 332 g/mol. The molecule has 1 N–H and O–H groups in total. The Kier molecular flexibility index (Phi) is 4.52. The first kappa shape index (κ1) is 16.1. The van der Waals surface area contributed by atoms with Gasteiger partial charge in [0.1, 0.15) is 11.4 Å². The molecule has 1 aromatic carbocycles. The van der Waals surface area contributed by atoms with Gasteiger partial charge in [0.05, 0.1) is 19.3 Å². The summed E-state index contributed by atoms with van der Waals surface area (Å²) in [6, 6.07) is 8.50. The maximum absolute atomic E-state index is 12.6. The summed E-state index contributed by atoms with van der Waals surface area (Å²) < 4.78 is 11.9. The molecule has 0 aliphatic rings. The third-order valence-electron chi connectivity index (χ3n) is 3.35. The van der Waals surface area contributed by atoms with Crippen LogP contribution in [-0.4, -0.2) is 27.7 Å². The Morgan fingerprint density at radius 2 is 2.25 bits per heavy atom. The van der Waals surface area contributed by atoms with Crippen LogP contribution in [0.4, 0.5) is 5.69 Å². The predicted octanol–water partition coefficient (Wildman–Crippen LogP) is 3.14. The van der Waals surface area contributed by atoms with E-state index in [1.54, 1.807) is 48.0 Å². The van der Waals surface area contributed by atoms with Crippen molar-refractivity contribution in [1.82, 2.24) is 14.7 Å². The zero-order valence-corrected chi connectivity index (χ0v) is 13.9. The molecule has 0 spiro atoms. The van der Waals surface area contributed by atoms with E-state index >= 15 is 0 Å². The van der Waals surface area contributed by atoms with Gasteiger partial charge in [-0.15, -0.1) is 0 Å². The van der Waals surface area contributed by atoms with Crippen molar-refractivity contribution in [2.45, 2.75) is 13.5 Å². The van der Waals surface area contributed by atoms with Crippen LogP contribution in [0, 0.1) is 6.92 Å². The minimum Gasteiger partial charge on any atom is -0.495 e. The molecule has 124 valence electrons. The summed E-state index contributed by atoms with van der Waals surface area (Å²) >= 11 is 5.98. The van der Waals surface area contributed by atoms with E-state index < -0.39 is 0 Å². The number of nitrogens with zero attached hydrogens (tertiary/aromatic N) is 3. The van der Waals surface area contributed by atoms with Gasteiger partial charge in [0.2, 0.25) is 5.89 Å². The van der Waals surface area contributed by atoms with Gasteiger partial charge in [0.25, 0.3) is 5.91 Å². The number of aromatic nitrogens is 3. The third kappa shape index (κ3) is 3.41. The average Bonchev–Trinajstić information content (AvgIpc) is 3.17. The van der Waals surface area contributed by atoms with Crippen LogP contribution in [0.3, 0.4) is 0 Å². The van der Waals surface area contributed by atoms with Crippen molar-refractivity contribution in [2.75, 3.05) is 12.4 Å². The van der Waals surface area contributed by atoms with E-state index in [2.05, 4.69) is 15.5 Å². The predicted molar refractivity (Wildman–Crippen MR) is 88.5 cm³/mol. The number of carbonyl (C=O) groups excluding carboxylic acids is 1. The topological polar surface area (TPSA) is 82.2 Å². The summed E-state index contributed by atoms with van der Waals surface area (Å²) in [5.41, 5.74) is 0.956. The van der Waals surface area contributed by atoms with Crippen LogP contribution >= 0.6 is 11.6 Å². The number of ether oxygens (including phenoxy) is 1. The van der Waals surface area contributed by atoms with Crippen LogP contribution < -0.4 is 10.1 Å².